The Bertz CT molecular complexity index is 326. The Morgan fingerprint density at radius 3 is 2.73 bits per heavy atom. The lowest BCUT2D eigenvalue weighted by Crippen LogP contribution is -2.40. The molecule has 3 atom stereocenters. The summed E-state index contributed by atoms with van der Waals surface area (Å²) in [6.45, 7) is 1.05. The summed E-state index contributed by atoms with van der Waals surface area (Å²) < 4.78 is 0. The van der Waals surface area contributed by atoms with Crippen LogP contribution < -0.4 is 5.32 Å². The number of nitrogens with zero attached hydrogens (tertiary/aromatic N) is 1. The molecule has 1 aromatic rings. The molecule has 80 valence electrons. The first-order valence-electron chi connectivity index (χ1n) is 5.83. The molecule has 3 rings (SSSR count). The first-order valence-corrected chi connectivity index (χ1v) is 5.83. The predicted octanol–water partition coefficient (Wildman–Crippen LogP) is 1.83. The van der Waals surface area contributed by atoms with E-state index in [1.54, 1.807) is 0 Å². The van der Waals surface area contributed by atoms with E-state index in [1.165, 1.54) is 18.4 Å². The van der Waals surface area contributed by atoms with E-state index in [9.17, 15) is 0 Å². The van der Waals surface area contributed by atoms with Crippen molar-refractivity contribution < 1.29 is 0 Å². The second-order valence-corrected chi connectivity index (χ2v) is 4.92. The third kappa shape index (κ3) is 1.92. The van der Waals surface area contributed by atoms with E-state index in [1.807, 2.05) is 0 Å². The van der Waals surface area contributed by atoms with Crippen LogP contribution in [-0.2, 0) is 6.54 Å². The molecule has 1 N–H and O–H groups in total. The van der Waals surface area contributed by atoms with Gasteiger partial charge in [0.15, 0.2) is 0 Å². The summed E-state index contributed by atoms with van der Waals surface area (Å²) in [6, 6.07) is 11.5. The maximum Gasteiger partial charge on any atom is 0.0602 e. The molecule has 2 aliphatic rings. The number of hydrogen-bond donors (Lipinski definition) is 1. The molecule has 1 saturated carbocycles. The smallest absolute Gasteiger partial charge is 0.0602 e. The Kier molecular flexibility index (Phi) is 2.26. The Balaban J connectivity index is 1.59. The van der Waals surface area contributed by atoms with Gasteiger partial charge in [-0.15, -0.1) is 0 Å². The van der Waals surface area contributed by atoms with Gasteiger partial charge in [0.2, 0.25) is 0 Å². The largest absolute Gasteiger partial charge is 0.299 e. The summed E-state index contributed by atoms with van der Waals surface area (Å²) in [7, 11) is 2.22. The monoisotopic (exact) mass is 202 g/mol. The van der Waals surface area contributed by atoms with E-state index in [-0.39, 0.29) is 0 Å². The van der Waals surface area contributed by atoms with Gasteiger partial charge in [-0.2, -0.15) is 0 Å². The number of piperidine rings is 1. The second-order valence-electron chi connectivity index (χ2n) is 4.92. The fourth-order valence-corrected chi connectivity index (χ4v) is 2.60. The van der Waals surface area contributed by atoms with Crippen LogP contribution in [0, 0.1) is 5.92 Å². The van der Waals surface area contributed by atoms with Crippen LogP contribution in [0.1, 0.15) is 18.4 Å². The van der Waals surface area contributed by atoms with Gasteiger partial charge >= 0.3 is 0 Å². The fourth-order valence-electron chi connectivity index (χ4n) is 2.60. The summed E-state index contributed by atoms with van der Waals surface area (Å²) >= 11 is 0. The highest BCUT2D eigenvalue weighted by Gasteiger charge is 2.46. The molecule has 0 spiro atoms. The van der Waals surface area contributed by atoms with Crippen molar-refractivity contribution in [1.82, 2.24) is 10.2 Å². The Morgan fingerprint density at radius 1 is 1.27 bits per heavy atom. The van der Waals surface area contributed by atoms with Crippen LogP contribution in [-0.4, -0.2) is 24.2 Å². The van der Waals surface area contributed by atoms with Gasteiger partial charge in [0.1, 0.15) is 0 Å². The fraction of sp³-hybridized carbons (Fsp3) is 0.538. The lowest BCUT2D eigenvalue weighted by atomic mass is 10.2. The van der Waals surface area contributed by atoms with Gasteiger partial charge in [0.05, 0.1) is 6.17 Å². The lowest BCUT2D eigenvalue weighted by molar-refractivity contribution is 0.202. The van der Waals surface area contributed by atoms with E-state index in [4.69, 9.17) is 0 Å². The lowest BCUT2D eigenvalue weighted by Gasteiger charge is -2.26. The van der Waals surface area contributed by atoms with Crippen molar-refractivity contribution in [2.24, 2.45) is 5.92 Å². The van der Waals surface area contributed by atoms with Crippen molar-refractivity contribution in [3.05, 3.63) is 35.9 Å². The van der Waals surface area contributed by atoms with Gasteiger partial charge in [0, 0.05) is 12.6 Å². The van der Waals surface area contributed by atoms with Gasteiger partial charge in [-0.1, -0.05) is 30.3 Å². The molecule has 15 heavy (non-hydrogen) atoms. The molecule has 0 aromatic heterocycles. The first kappa shape index (κ1) is 9.37. The molecule has 0 unspecified atom stereocenters. The quantitative estimate of drug-likeness (QED) is 0.804. The minimum atomic E-state index is 0.606. The third-order valence-electron chi connectivity index (χ3n) is 3.66. The number of rotatable bonds is 3. The molecule has 1 aliphatic heterocycles. The first-order chi connectivity index (χ1) is 7.33. The predicted molar refractivity (Wildman–Crippen MR) is 61.3 cm³/mol. The van der Waals surface area contributed by atoms with E-state index in [2.05, 4.69) is 47.6 Å². The standard InChI is InChI=1S/C13H18N2/c1-15(9-10-5-3-2-4-6-10)13-8-11-7-12(11)14-13/h2-6,11-14H,7-9H2,1H3/t11-,12-,13-/m1/s1. The number of fused-ring (bicyclic) bond motifs is 1. The van der Waals surface area contributed by atoms with Crippen molar-refractivity contribution in [2.45, 2.75) is 31.6 Å². The third-order valence-corrected chi connectivity index (χ3v) is 3.66. The Morgan fingerprint density at radius 2 is 2.07 bits per heavy atom. The molecule has 2 heteroatoms. The zero-order valence-electron chi connectivity index (χ0n) is 9.19. The van der Waals surface area contributed by atoms with Crippen molar-refractivity contribution in [3.63, 3.8) is 0 Å². The maximum absolute atomic E-state index is 3.67. The molecular formula is C13H18N2. The van der Waals surface area contributed by atoms with Crippen LogP contribution in [0.2, 0.25) is 0 Å². The highest BCUT2D eigenvalue weighted by Crippen LogP contribution is 2.41. The SMILES string of the molecule is CN(Cc1ccccc1)[C@@H]1C[C@H]2C[C@H]2N1. The maximum atomic E-state index is 3.67. The van der Waals surface area contributed by atoms with E-state index in [0.29, 0.717) is 6.17 Å². The van der Waals surface area contributed by atoms with Gasteiger partial charge in [-0.3, -0.25) is 10.2 Å². The average Bonchev–Trinajstić information content (AvgIpc) is 2.87. The number of benzene rings is 1. The van der Waals surface area contributed by atoms with Crippen molar-refractivity contribution in [1.29, 1.82) is 0 Å². The zero-order chi connectivity index (χ0) is 10.3. The number of nitrogens with one attached hydrogen (secondary N) is 1. The van der Waals surface area contributed by atoms with Crippen molar-refractivity contribution in [3.8, 4) is 0 Å². The molecule has 2 nitrogen and oxygen atoms in total. The van der Waals surface area contributed by atoms with Crippen LogP contribution in [0.15, 0.2) is 30.3 Å². The molecule has 0 amide bonds. The van der Waals surface area contributed by atoms with Gasteiger partial charge < -0.3 is 0 Å². The molecule has 2 fully saturated rings. The minimum Gasteiger partial charge on any atom is -0.299 e. The number of hydrogen-bond acceptors (Lipinski definition) is 2. The van der Waals surface area contributed by atoms with Crippen LogP contribution in [0.25, 0.3) is 0 Å². The molecule has 1 saturated heterocycles. The Labute approximate surface area is 91.3 Å². The van der Waals surface area contributed by atoms with Crippen LogP contribution in [0.4, 0.5) is 0 Å². The van der Waals surface area contributed by atoms with Gasteiger partial charge in [-0.25, -0.2) is 0 Å². The molecule has 1 heterocycles. The highest BCUT2D eigenvalue weighted by molar-refractivity contribution is 5.14. The van der Waals surface area contributed by atoms with Crippen LogP contribution >= 0.6 is 0 Å². The minimum absolute atomic E-state index is 0.606. The van der Waals surface area contributed by atoms with E-state index < -0.39 is 0 Å². The van der Waals surface area contributed by atoms with Gasteiger partial charge in [-0.05, 0) is 31.4 Å². The summed E-state index contributed by atoms with van der Waals surface area (Å²) in [4.78, 5) is 2.43. The zero-order valence-corrected chi connectivity index (χ0v) is 9.19. The molecule has 1 aromatic carbocycles. The van der Waals surface area contributed by atoms with E-state index >= 15 is 0 Å². The molecular weight excluding hydrogens is 184 g/mol. The van der Waals surface area contributed by atoms with E-state index in [0.717, 1.165) is 18.5 Å². The van der Waals surface area contributed by atoms with Crippen molar-refractivity contribution >= 4 is 0 Å². The molecule has 0 radical (unpaired) electrons. The summed E-state index contributed by atoms with van der Waals surface area (Å²) in [5.41, 5.74) is 1.40. The highest BCUT2D eigenvalue weighted by atomic mass is 15.3. The average molecular weight is 202 g/mol. The summed E-state index contributed by atoms with van der Waals surface area (Å²) in [5, 5.41) is 3.67. The molecule has 0 bridgehead atoms. The van der Waals surface area contributed by atoms with Crippen molar-refractivity contribution in [2.75, 3.05) is 7.05 Å². The summed E-state index contributed by atoms with van der Waals surface area (Å²) in [6.07, 6.45) is 3.36. The normalized spacial score (nSPS) is 33.1. The van der Waals surface area contributed by atoms with Crippen LogP contribution in [0.5, 0.6) is 0 Å². The second kappa shape index (κ2) is 3.62. The Hall–Kier alpha value is -0.860. The van der Waals surface area contributed by atoms with Crippen LogP contribution in [0.3, 0.4) is 0 Å². The van der Waals surface area contributed by atoms with Gasteiger partial charge in [0.25, 0.3) is 0 Å². The topological polar surface area (TPSA) is 15.3 Å². The molecule has 1 aliphatic carbocycles. The summed E-state index contributed by atoms with van der Waals surface area (Å²) in [5.74, 6) is 0.980.